The highest BCUT2D eigenvalue weighted by atomic mass is 15.3. The van der Waals surface area contributed by atoms with Gasteiger partial charge >= 0.3 is 0 Å². The lowest BCUT2D eigenvalue weighted by Gasteiger charge is -2.36. The van der Waals surface area contributed by atoms with Crippen LogP contribution in [0.5, 0.6) is 0 Å². The number of piperazine rings is 1. The van der Waals surface area contributed by atoms with E-state index in [1.165, 1.54) is 16.5 Å². The van der Waals surface area contributed by atoms with Crippen molar-refractivity contribution in [2.75, 3.05) is 31.6 Å². The van der Waals surface area contributed by atoms with E-state index in [1.54, 1.807) is 0 Å². The van der Waals surface area contributed by atoms with E-state index in [9.17, 15) is 0 Å². The van der Waals surface area contributed by atoms with Crippen LogP contribution < -0.4 is 4.90 Å². The van der Waals surface area contributed by atoms with Gasteiger partial charge in [0, 0.05) is 31.2 Å². The summed E-state index contributed by atoms with van der Waals surface area (Å²) >= 11 is 0. The fourth-order valence-corrected chi connectivity index (χ4v) is 2.48. The summed E-state index contributed by atoms with van der Waals surface area (Å²) in [4.78, 5) is 4.31. The minimum absolute atomic E-state index is 0.689. The summed E-state index contributed by atoms with van der Waals surface area (Å²) in [5.41, 5.74) is 1.24. The van der Waals surface area contributed by atoms with Crippen molar-refractivity contribution in [3.63, 3.8) is 0 Å². The first-order valence-corrected chi connectivity index (χ1v) is 6.27. The molecule has 1 aliphatic heterocycles. The van der Waals surface area contributed by atoms with Crippen molar-refractivity contribution >= 4 is 22.3 Å². The molecule has 0 spiro atoms. The molecule has 1 aliphatic rings. The molecular weight excluding hydrogens is 222 g/mol. The van der Waals surface area contributed by atoms with Crippen LogP contribution in [0.3, 0.4) is 0 Å². The van der Waals surface area contributed by atoms with Crippen molar-refractivity contribution < 1.29 is 0 Å². The number of amidine groups is 1. The van der Waals surface area contributed by atoms with Crippen molar-refractivity contribution in [1.29, 1.82) is 5.41 Å². The van der Waals surface area contributed by atoms with E-state index in [2.05, 4.69) is 47.4 Å². The van der Waals surface area contributed by atoms with E-state index in [0.717, 1.165) is 13.1 Å². The summed E-state index contributed by atoms with van der Waals surface area (Å²) < 4.78 is 0. The normalized spacial score (nSPS) is 16.4. The number of hydrogen-bond acceptors (Lipinski definition) is 2. The number of nitrogens with zero attached hydrogens (tertiary/aromatic N) is 2. The lowest BCUT2D eigenvalue weighted by atomic mass is 10.1. The molecule has 1 N–H and O–H groups in total. The summed E-state index contributed by atoms with van der Waals surface area (Å²) in [6.07, 6.45) is 0. The van der Waals surface area contributed by atoms with Gasteiger partial charge in [-0.3, -0.25) is 5.41 Å². The highest BCUT2D eigenvalue weighted by Gasteiger charge is 2.19. The minimum Gasteiger partial charge on any atom is -0.362 e. The topological polar surface area (TPSA) is 30.3 Å². The SMILES string of the molecule is CN1CCN(c2cccc3ccccc23)CC1=N. The second-order valence-corrected chi connectivity index (χ2v) is 4.79. The van der Waals surface area contributed by atoms with Gasteiger partial charge in [0.15, 0.2) is 0 Å². The van der Waals surface area contributed by atoms with Crippen LogP contribution in [0.25, 0.3) is 10.8 Å². The molecule has 3 rings (SSSR count). The van der Waals surface area contributed by atoms with Crippen LogP contribution in [-0.2, 0) is 0 Å². The molecule has 1 fully saturated rings. The Bertz CT molecular complexity index is 586. The van der Waals surface area contributed by atoms with E-state index in [0.29, 0.717) is 12.4 Å². The Kier molecular flexibility index (Phi) is 2.67. The summed E-state index contributed by atoms with van der Waals surface area (Å²) in [7, 11) is 1.99. The number of anilines is 1. The molecule has 3 nitrogen and oxygen atoms in total. The third-order valence-corrected chi connectivity index (χ3v) is 3.61. The van der Waals surface area contributed by atoms with E-state index >= 15 is 0 Å². The van der Waals surface area contributed by atoms with Crippen LogP contribution in [0.15, 0.2) is 42.5 Å². The van der Waals surface area contributed by atoms with Crippen LogP contribution in [-0.4, -0.2) is 37.4 Å². The number of likely N-dealkylation sites (N-methyl/N-ethyl adjacent to an activating group) is 1. The van der Waals surface area contributed by atoms with Crippen LogP contribution in [0.1, 0.15) is 0 Å². The highest BCUT2D eigenvalue weighted by molar-refractivity contribution is 5.96. The molecule has 0 bridgehead atoms. The molecule has 18 heavy (non-hydrogen) atoms. The number of benzene rings is 2. The summed E-state index contributed by atoms with van der Waals surface area (Å²) in [6.45, 7) is 2.60. The second-order valence-electron chi connectivity index (χ2n) is 4.79. The van der Waals surface area contributed by atoms with E-state index < -0.39 is 0 Å². The standard InChI is InChI=1S/C15H17N3/c1-17-9-10-18(11-15(17)16)14-8-4-6-12-5-2-3-7-13(12)14/h2-8,16H,9-11H2,1H3. The quantitative estimate of drug-likeness (QED) is 0.829. The molecule has 2 aromatic carbocycles. The van der Waals surface area contributed by atoms with Crippen LogP contribution in [0.2, 0.25) is 0 Å². The molecule has 0 aliphatic carbocycles. The molecule has 1 heterocycles. The molecule has 0 aromatic heterocycles. The highest BCUT2D eigenvalue weighted by Crippen LogP contribution is 2.27. The van der Waals surface area contributed by atoms with Gasteiger partial charge < -0.3 is 9.80 Å². The van der Waals surface area contributed by atoms with Gasteiger partial charge in [-0.15, -0.1) is 0 Å². The van der Waals surface area contributed by atoms with Crippen molar-refractivity contribution in [1.82, 2.24) is 4.90 Å². The Labute approximate surface area is 107 Å². The first-order chi connectivity index (χ1) is 8.75. The predicted molar refractivity (Wildman–Crippen MR) is 76.5 cm³/mol. The number of hydrogen-bond donors (Lipinski definition) is 1. The van der Waals surface area contributed by atoms with E-state index in [-0.39, 0.29) is 0 Å². The number of nitrogens with one attached hydrogen (secondary N) is 1. The number of fused-ring (bicyclic) bond motifs is 1. The van der Waals surface area contributed by atoms with Crippen molar-refractivity contribution in [3.05, 3.63) is 42.5 Å². The van der Waals surface area contributed by atoms with Gasteiger partial charge in [-0.25, -0.2) is 0 Å². The van der Waals surface area contributed by atoms with Crippen molar-refractivity contribution in [2.24, 2.45) is 0 Å². The maximum absolute atomic E-state index is 7.97. The predicted octanol–water partition coefficient (Wildman–Crippen LogP) is 2.57. The maximum atomic E-state index is 7.97. The van der Waals surface area contributed by atoms with Crippen LogP contribution >= 0.6 is 0 Å². The smallest absolute Gasteiger partial charge is 0.116 e. The van der Waals surface area contributed by atoms with Gasteiger partial charge in [0.1, 0.15) is 5.84 Å². The zero-order chi connectivity index (χ0) is 12.5. The van der Waals surface area contributed by atoms with Crippen LogP contribution in [0.4, 0.5) is 5.69 Å². The molecule has 2 aromatic rings. The van der Waals surface area contributed by atoms with E-state index in [4.69, 9.17) is 5.41 Å². The first-order valence-electron chi connectivity index (χ1n) is 6.27. The van der Waals surface area contributed by atoms with Gasteiger partial charge in [0.05, 0.1) is 6.54 Å². The Morgan fingerprint density at radius 1 is 1.00 bits per heavy atom. The fraction of sp³-hybridized carbons (Fsp3) is 0.267. The summed E-state index contributed by atoms with van der Waals surface area (Å²) in [6, 6.07) is 14.8. The molecule has 0 unspecified atom stereocenters. The van der Waals surface area contributed by atoms with Gasteiger partial charge in [-0.1, -0.05) is 36.4 Å². The monoisotopic (exact) mass is 239 g/mol. The Morgan fingerprint density at radius 3 is 2.61 bits per heavy atom. The van der Waals surface area contributed by atoms with Crippen LogP contribution in [0, 0.1) is 5.41 Å². The minimum atomic E-state index is 0.689. The summed E-state index contributed by atoms with van der Waals surface area (Å²) in [5.74, 6) is 0.689. The van der Waals surface area contributed by atoms with Crippen molar-refractivity contribution in [2.45, 2.75) is 0 Å². The molecule has 3 heteroatoms. The molecule has 0 atom stereocenters. The van der Waals surface area contributed by atoms with Gasteiger partial charge in [0.25, 0.3) is 0 Å². The second kappa shape index (κ2) is 4.33. The zero-order valence-electron chi connectivity index (χ0n) is 10.6. The third kappa shape index (κ3) is 1.82. The molecular formula is C15H17N3. The molecule has 0 amide bonds. The average Bonchev–Trinajstić information content (AvgIpc) is 2.41. The van der Waals surface area contributed by atoms with E-state index in [1.807, 2.05) is 11.9 Å². The fourth-order valence-electron chi connectivity index (χ4n) is 2.48. The lowest BCUT2D eigenvalue weighted by Crippen LogP contribution is -2.48. The summed E-state index contributed by atoms with van der Waals surface area (Å²) in [5, 5.41) is 10.5. The Balaban J connectivity index is 2.02. The van der Waals surface area contributed by atoms with Crippen molar-refractivity contribution in [3.8, 4) is 0 Å². The molecule has 1 saturated heterocycles. The molecule has 92 valence electrons. The third-order valence-electron chi connectivity index (χ3n) is 3.61. The van der Waals surface area contributed by atoms with Gasteiger partial charge in [-0.2, -0.15) is 0 Å². The average molecular weight is 239 g/mol. The molecule has 0 saturated carbocycles. The zero-order valence-corrected chi connectivity index (χ0v) is 10.6. The lowest BCUT2D eigenvalue weighted by molar-refractivity contribution is 0.468. The first kappa shape index (κ1) is 11.1. The molecule has 0 radical (unpaired) electrons. The Morgan fingerprint density at radius 2 is 1.78 bits per heavy atom. The Hall–Kier alpha value is -2.03. The maximum Gasteiger partial charge on any atom is 0.116 e. The largest absolute Gasteiger partial charge is 0.362 e. The number of rotatable bonds is 1. The van der Waals surface area contributed by atoms with Gasteiger partial charge in [0.2, 0.25) is 0 Å². The van der Waals surface area contributed by atoms with Gasteiger partial charge in [-0.05, 0) is 11.5 Å².